The van der Waals surface area contributed by atoms with Gasteiger partial charge in [0.15, 0.2) is 5.76 Å². The molecule has 0 atom stereocenters. The maximum absolute atomic E-state index is 15.8. The van der Waals surface area contributed by atoms with Gasteiger partial charge in [0.05, 0.1) is 40.2 Å². The molecule has 11 heteroatoms. The number of aromatic nitrogens is 3. The van der Waals surface area contributed by atoms with E-state index < -0.39 is 28.9 Å². The van der Waals surface area contributed by atoms with Crippen molar-refractivity contribution in [1.29, 1.82) is 0 Å². The Kier molecular flexibility index (Phi) is 8.16. The molecule has 1 aliphatic heterocycles. The zero-order valence-electron chi connectivity index (χ0n) is 28.8. The van der Waals surface area contributed by atoms with Gasteiger partial charge < -0.3 is 13.4 Å². The Balaban J connectivity index is 1.41. The van der Waals surface area contributed by atoms with Crippen LogP contribution in [0, 0.1) is 19.7 Å². The topological polar surface area (TPSA) is 69.3 Å². The first-order valence-electron chi connectivity index (χ1n) is 16.7. The van der Waals surface area contributed by atoms with E-state index >= 15 is 4.39 Å². The standard InChI is InChI=1S/C39H38F4N4O3/c1-7-24-10-9-11-25(8-2)33(24)47-34(28-14-15-31(40)35-29(28)16-17-45(35)21-32-23(4)49-37(48)50-32)30-20-46(38(5,6)36(30)44-47)19-26-12-13-27(18-22(26)3)39(41,42)43/h9-18H,7-8,19-21H2,1-6H3. The molecule has 0 aliphatic carbocycles. The molecule has 0 unspecified atom stereocenters. The summed E-state index contributed by atoms with van der Waals surface area (Å²) in [6, 6.07) is 15.3. The largest absolute Gasteiger partial charge is 0.519 e. The molecular formula is C39H38F4N4O3. The van der Waals surface area contributed by atoms with Crippen LogP contribution in [0.4, 0.5) is 17.6 Å². The molecular weight excluding hydrogens is 648 g/mol. The van der Waals surface area contributed by atoms with Crippen LogP contribution >= 0.6 is 0 Å². The summed E-state index contributed by atoms with van der Waals surface area (Å²) in [5.74, 6) is -0.598. The minimum atomic E-state index is -4.41. The first-order valence-corrected chi connectivity index (χ1v) is 16.7. The second kappa shape index (κ2) is 12.2. The highest BCUT2D eigenvalue weighted by molar-refractivity contribution is 5.96. The molecule has 260 valence electrons. The van der Waals surface area contributed by atoms with Gasteiger partial charge in [0.25, 0.3) is 0 Å². The summed E-state index contributed by atoms with van der Waals surface area (Å²) in [6.45, 7) is 12.7. The molecule has 0 N–H and O–H groups in total. The number of hydrogen-bond donors (Lipinski definition) is 0. The van der Waals surface area contributed by atoms with Gasteiger partial charge in [-0.15, -0.1) is 0 Å². The summed E-state index contributed by atoms with van der Waals surface area (Å²) in [5, 5.41) is 6.02. The molecule has 0 fully saturated rings. The van der Waals surface area contributed by atoms with Crippen molar-refractivity contribution in [2.45, 2.75) is 85.7 Å². The van der Waals surface area contributed by atoms with Gasteiger partial charge in [0.2, 0.25) is 0 Å². The molecule has 4 heterocycles. The van der Waals surface area contributed by atoms with Gasteiger partial charge in [-0.25, -0.2) is 13.9 Å². The van der Waals surface area contributed by atoms with Crippen molar-refractivity contribution in [1.82, 2.24) is 19.2 Å². The van der Waals surface area contributed by atoms with Crippen LogP contribution in [0.25, 0.3) is 27.8 Å². The SMILES string of the molecule is CCc1cccc(CC)c1-n1nc2c(c1-c1ccc(F)c3c1ccn3Cc1oc(=O)oc1C)CN(Cc1ccc(C(F)(F)F)cc1C)C2(C)C. The highest BCUT2D eigenvalue weighted by Gasteiger charge is 2.43. The minimum Gasteiger partial charge on any atom is -0.396 e. The van der Waals surface area contributed by atoms with E-state index in [1.807, 2.05) is 10.7 Å². The summed E-state index contributed by atoms with van der Waals surface area (Å²) in [5.41, 5.74) is 7.18. The number of nitrogens with zero attached hydrogens (tertiary/aromatic N) is 4. The maximum Gasteiger partial charge on any atom is 0.519 e. The Morgan fingerprint density at radius 2 is 1.64 bits per heavy atom. The average Bonchev–Trinajstić information content (AvgIpc) is 3.80. The van der Waals surface area contributed by atoms with E-state index in [1.54, 1.807) is 36.7 Å². The number of para-hydroxylation sites is 1. The van der Waals surface area contributed by atoms with Crippen molar-refractivity contribution in [3.05, 3.63) is 128 Å². The maximum atomic E-state index is 15.8. The number of hydrogen-bond acceptors (Lipinski definition) is 5. The van der Waals surface area contributed by atoms with E-state index in [0.717, 1.165) is 63.8 Å². The van der Waals surface area contributed by atoms with E-state index in [-0.39, 0.29) is 6.54 Å². The van der Waals surface area contributed by atoms with Gasteiger partial charge in [-0.1, -0.05) is 38.1 Å². The van der Waals surface area contributed by atoms with Crippen molar-refractivity contribution in [3.8, 4) is 16.9 Å². The third-order valence-electron chi connectivity index (χ3n) is 10.2. The predicted octanol–water partition coefficient (Wildman–Crippen LogP) is 9.24. The number of fused-ring (bicyclic) bond motifs is 2. The number of rotatable bonds is 8. The lowest BCUT2D eigenvalue weighted by Gasteiger charge is -2.32. The highest BCUT2D eigenvalue weighted by atomic mass is 19.4. The molecule has 0 amide bonds. The van der Waals surface area contributed by atoms with Crippen molar-refractivity contribution in [2.75, 3.05) is 0 Å². The van der Waals surface area contributed by atoms with Crippen LogP contribution in [-0.4, -0.2) is 19.2 Å². The monoisotopic (exact) mass is 686 g/mol. The van der Waals surface area contributed by atoms with Gasteiger partial charge in [-0.3, -0.25) is 4.90 Å². The lowest BCUT2D eigenvalue weighted by Crippen LogP contribution is -2.36. The number of halogens is 4. The Bertz CT molecular complexity index is 2300. The van der Waals surface area contributed by atoms with Gasteiger partial charge >= 0.3 is 12.0 Å². The van der Waals surface area contributed by atoms with Crippen LogP contribution in [0.15, 0.2) is 74.4 Å². The molecule has 50 heavy (non-hydrogen) atoms. The summed E-state index contributed by atoms with van der Waals surface area (Å²) < 4.78 is 70.2. The van der Waals surface area contributed by atoms with E-state index in [9.17, 15) is 18.0 Å². The van der Waals surface area contributed by atoms with Crippen molar-refractivity contribution in [3.63, 3.8) is 0 Å². The normalized spacial score (nSPS) is 14.6. The first kappa shape index (κ1) is 33.6. The van der Waals surface area contributed by atoms with Crippen LogP contribution in [-0.2, 0) is 44.2 Å². The molecule has 6 aromatic rings. The second-order valence-electron chi connectivity index (χ2n) is 13.5. The smallest absolute Gasteiger partial charge is 0.396 e. The Labute approximate surface area is 286 Å². The molecule has 0 saturated carbocycles. The van der Waals surface area contributed by atoms with Crippen molar-refractivity contribution < 1.29 is 26.4 Å². The summed E-state index contributed by atoms with van der Waals surface area (Å²) in [4.78, 5) is 14.0. The van der Waals surface area contributed by atoms with Gasteiger partial charge in [-0.05, 0) is 93.1 Å². The number of benzene rings is 3. The summed E-state index contributed by atoms with van der Waals surface area (Å²) >= 11 is 0. The van der Waals surface area contributed by atoms with Gasteiger partial charge in [-0.2, -0.15) is 18.3 Å². The lowest BCUT2D eigenvalue weighted by molar-refractivity contribution is -0.137. The highest BCUT2D eigenvalue weighted by Crippen LogP contribution is 2.47. The zero-order valence-corrected chi connectivity index (χ0v) is 28.8. The van der Waals surface area contributed by atoms with Crippen LogP contribution in [0.5, 0.6) is 0 Å². The molecule has 7 rings (SSSR count). The van der Waals surface area contributed by atoms with E-state index in [4.69, 9.17) is 13.9 Å². The lowest BCUT2D eigenvalue weighted by atomic mass is 9.96. The molecule has 3 aromatic heterocycles. The molecule has 1 aliphatic rings. The Morgan fingerprint density at radius 1 is 0.920 bits per heavy atom. The minimum absolute atomic E-state index is 0.102. The van der Waals surface area contributed by atoms with E-state index in [1.165, 1.54) is 12.1 Å². The van der Waals surface area contributed by atoms with Crippen molar-refractivity contribution >= 4 is 10.9 Å². The third kappa shape index (κ3) is 5.48. The molecule has 7 nitrogen and oxygen atoms in total. The molecule has 0 saturated heterocycles. The predicted molar refractivity (Wildman–Crippen MR) is 183 cm³/mol. The molecule has 0 bridgehead atoms. The quantitative estimate of drug-likeness (QED) is 0.149. The van der Waals surface area contributed by atoms with Gasteiger partial charge in [0.1, 0.15) is 11.6 Å². The van der Waals surface area contributed by atoms with Crippen LogP contribution in [0.2, 0.25) is 0 Å². The van der Waals surface area contributed by atoms with Gasteiger partial charge in [0, 0.05) is 35.8 Å². The molecule has 0 radical (unpaired) electrons. The Morgan fingerprint density at radius 3 is 2.26 bits per heavy atom. The fourth-order valence-electron chi connectivity index (χ4n) is 7.36. The van der Waals surface area contributed by atoms with Crippen LogP contribution in [0.1, 0.15) is 78.3 Å². The van der Waals surface area contributed by atoms with Crippen LogP contribution in [0.3, 0.4) is 0 Å². The Hall–Kier alpha value is -4.90. The van der Waals surface area contributed by atoms with Crippen molar-refractivity contribution in [2.24, 2.45) is 0 Å². The molecule has 0 spiro atoms. The number of alkyl halides is 3. The third-order valence-corrected chi connectivity index (χ3v) is 10.2. The number of aryl methyl sites for hydroxylation is 4. The molecule has 3 aromatic carbocycles. The van der Waals surface area contributed by atoms with Crippen LogP contribution < -0.4 is 5.82 Å². The zero-order chi connectivity index (χ0) is 35.7. The fourth-order valence-corrected chi connectivity index (χ4v) is 7.36. The van der Waals surface area contributed by atoms with E-state index in [0.29, 0.717) is 41.1 Å². The fraction of sp³-hybridized carbons (Fsp3) is 0.333. The average molecular weight is 687 g/mol. The summed E-state index contributed by atoms with van der Waals surface area (Å²) in [7, 11) is 0. The first-order chi connectivity index (χ1) is 23.7. The second-order valence-corrected chi connectivity index (χ2v) is 13.5. The summed E-state index contributed by atoms with van der Waals surface area (Å²) in [6.07, 6.45) is -1.09. The van der Waals surface area contributed by atoms with E-state index in [2.05, 4.69) is 50.8 Å².